The van der Waals surface area contributed by atoms with Crippen LogP contribution in [-0.2, 0) is 47.0 Å². The highest BCUT2D eigenvalue weighted by Gasteiger charge is 2.56. The highest BCUT2D eigenvalue weighted by Crippen LogP contribution is 2.58. The maximum absolute atomic E-state index is 13.4. The second kappa shape index (κ2) is 11.0. The van der Waals surface area contributed by atoms with Crippen LogP contribution in [0.5, 0.6) is 23.0 Å². The van der Waals surface area contributed by atoms with Gasteiger partial charge in [-0.05, 0) is 48.2 Å². The number of phenols is 2. The van der Waals surface area contributed by atoms with Crippen molar-refractivity contribution in [2.75, 3.05) is 6.79 Å². The monoisotopic (exact) mass is 592 g/mol. The number of aryl methyl sites for hydroxylation is 2. The molecule has 2 aliphatic rings. The lowest BCUT2D eigenvalue weighted by atomic mass is 9.74. The number of phenolic OH excluding ortho intramolecular Hbond substituents is 2. The smallest absolute Gasteiger partial charge is 0.341 e. The van der Waals surface area contributed by atoms with Crippen molar-refractivity contribution < 1.29 is 63.3 Å². The van der Waals surface area contributed by atoms with E-state index in [1.807, 2.05) is 0 Å². The predicted octanol–water partition coefficient (Wildman–Crippen LogP) is 3.38. The molecule has 0 atom stereocenters. The van der Waals surface area contributed by atoms with Crippen LogP contribution in [0.15, 0.2) is 42.5 Å². The molecule has 4 N–H and O–H groups in total. The lowest BCUT2D eigenvalue weighted by Gasteiger charge is -2.38. The van der Waals surface area contributed by atoms with Gasteiger partial charge in [0.25, 0.3) is 0 Å². The van der Waals surface area contributed by atoms with Crippen molar-refractivity contribution in [2.45, 2.75) is 38.2 Å². The molecule has 5 rings (SSSR count). The highest BCUT2D eigenvalue weighted by molar-refractivity contribution is 6.03. The summed E-state index contributed by atoms with van der Waals surface area (Å²) in [6, 6.07) is 9.44. The Morgan fingerprint density at radius 2 is 1.40 bits per heavy atom. The van der Waals surface area contributed by atoms with E-state index in [1.165, 1.54) is 42.5 Å². The molecule has 0 bridgehead atoms. The van der Waals surface area contributed by atoms with Crippen LogP contribution in [0.25, 0.3) is 0 Å². The SMILES string of the molecule is CC(=O)OCOC(=O)c1cccc2c1C1(OC2=O)c2cc(CCC(=O)O)c(O)cc2Oc2cc(O)c(CCC(=O)O)cc21. The number of aliphatic carboxylic acids is 2. The van der Waals surface area contributed by atoms with E-state index in [-0.39, 0.29) is 87.6 Å². The minimum Gasteiger partial charge on any atom is -0.508 e. The van der Waals surface area contributed by atoms with Crippen molar-refractivity contribution in [1.82, 2.24) is 0 Å². The van der Waals surface area contributed by atoms with E-state index >= 15 is 0 Å². The summed E-state index contributed by atoms with van der Waals surface area (Å²) in [6.07, 6.45) is -0.893. The average Bonchev–Trinajstić information content (AvgIpc) is 3.23. The number of carboxylic acids is 2. The van der Waals surface area contributed by atoms with Crippen molar-refractivity contribution in [3.63, 3.8) is 0 Å². The Morgan fingerprint density at radius 1 is 0.837 bits per heavy atom. The minimum atomic E-state index is -1.95. The van der Waals surface area contributed by atoms with Crippen LogP contribution in [0.1, 0.15) is 68.3 Å². The van der Waals surface area contributed by atoms with Gasteiger partial charge in [0.2, 0.25) is 6.79 Å². The van der Waals surface area contributed by atoms with Crippen LogP contribution in [0.3, 0.4) is 0 Å². The fraction of sp³-hybridized carbons (Fsp3) is 0.233. The third-order valence-electron chi connectivity index (χ3n) is 7.11. The maximum Gasteiger partial charge on any atom is 0.341 e. The van der Waals surface area contributed by atoms with Crippen molar-refractivity contribution >= 4 is 29.8 Å². The van der Waals surface area contributed by atoms with E-state index < -0.39 is 42.2 Å². The number of carboxylic acid groups (broad SMARTS) is 2. The summed E-state index contributed by atoms with van der Waals surface area (Å²) in [5.41, 5.74) is -1.50. The van der Waals surface area contributed by atoms with Crippen LogP contribution >= 0.6 is 0 Å². The van der Waals surface area contributed by atoms with Crippen molar-refractivity contribution in [3.8, 4) is 23.0 Å². The van der Waals surface area contributed by atoms with E-state index in [1.54, 1.807) is 0 Å². The summed E-state index contributed by atoms with van der Waals surface area (Å²) in [7, 11) is 0. The molecule has 13 nitrogen and oxygen atoms in total. The number of esters is 3. The first-order chi connectivity index (χ1) is 20.4. The van der Waals surface area contributed by atoms with Gasteiger partial charge in [-0.25, -0.2) is 9.59 Å². The van der Waals surface area contributed by atoms with Gasteiger partial charge in [0.15, 0.2) is 5.60 Å². The molecule has 3 aromatic rings. The molecule has 3 aromatic carbocycles. The summed E-state index contributed by atoms with van der Waals surface area (Å²) in [5, 5.41) is 39.9. The number of hydrogen-bond acceptors (Lipinski definition) is 11. The molecule has 0 aromatic heterocycles. The normalized spacial score (nSPS) is 13.7. The van der Waals surface area contributed by atoms with Crippen LogP contribution < -0.4 is 4.74 Å². The molecule has 0 saturated heterocycles. The minimum absolute atomic E-state index is 0.0170. The first-order valence-electron chi connectivity index (χ1n) is 12.9. The summed E-state index contributed by atoms with van der Waals surface area (Å²) in [6.45, 7) is 0.413. The molecule has 0 saturated carbocycles. The third kappa shape index (κ3) is 5.16. The van der Waals surface area contributed by atoms with Crippen molar-refractivity contribution in [2.24, 2.45) is 0 Å². The fourth-order valence-electron chi connectivity index (χ4n) is 5.23. The van der Waals surface area contributed by atoms with Gasteiger partial charge in [-0.3, -0.25) is 14.4 Å². The number of benzene rings is 3. The molecule has 222 valence electrons. The van der Waals surface area contributed by atoms with Gasteiger partial charge in [-0.2, -0.15) is 0 Å². The number of aromatic hydroxyl groups is 2. The molecule has 0 aliphatic carbocycles. The van der Waals surface area contributed by atoms with Gasteiger partial charge < -0.3 is 39.4 Å². The van der Waals surface area contributed by atoms with E-state index in [2.05, 4.69) is 0 Å². The largest absolute Gasteiger partial charge is 0.508 e. The van der Waals surface area contributed by atoms with Gasteiger partial charge >= 0.3 is 29.8 Å². The zero-order valence-electron chi connectivity index (χ0n) is 22.5. The quantitative estimate of drug-likeness (QED) is 0.208. The van der Waals surface area contributed by atoms with E-state index in [0.29, 0.717) is 0 Å². The maximum atomic E-state index is 13.4. The molecule has 2 aliphatic heterocycles. The standard InChI is InChI=1S/C30H24O13/c1-14(31)40-13-41-28(38)17-3-2-4-18-27(17)30(43-29(18)39)19-9-15(5-7-25(34)35)21(32)11-23(19)42-24-12-22(33)16(10-20(24)30)6-8-26(36)37/h2-4,9-12,32-33H,5-8,13H2,1H3,(H,34,35)(H,36,37). The second-order valence-corrected chi connectivity index (χ2v) is 9.83. The Kier molecular flexibility index (Phi) is 7.40. The van der Waals surface area contributed by atoms with Crippen LogP contribution in [0, 0.1) is 0 Å². The Morgan fingerprint density at radius 3 is 1.91 bits per heavy atom. The van der Waals surface area contributed by atoms with E-state index in [9.17, 15) is 44.4 Å². The lowest BCUT2D eigenvalue weighted by Crippen LogP contribution is -2.35. The summed E-state index contributed by atoms with van der Waals surface area (Å²) in [4.78, 5) is 60.6. The van der Waals surface area contributed by atoms with Gasteiger partial charge in [0.05, 0.1) is 11.1 Å². The average molecular weight is 593 g/mol. The Labute approximate surface area is 242 Å². The summed E-state index contributed by atoms with van der Waals surface area (Å²) < 4.78 is 21.9. The van der Waals surface area contributed by atoms with E-state index in [4.69, 9.17) is 18.9 Å². The number of fused-ring (bicyclic) bond motifs is 6. The van der Waals surface area contributed by atoms with Gasteiger partial charge in [-0.15, -0.1) is 0 Å². The first kappa shape index (κ1) is 28.9. The molecule has 0 radical (unpaired) electrons. The zero-order valence-corrected chi connectivity index (χ0v) is 22.5. The van der Waals surface area contributed by atoms with Crippen LogP contribution in [-0.4, -0.2) is 57.1 Å². The number of hydrogen-bond donors (Lipinski definition) is 4. The molecular formula is C30H24O13. The van der Waals surface area contributed by atoms with E-state index in [0.717, 1.165) is 6.92 Å². The second-order valence-electron chi connectivity index (χ2n) is 9.83. The van der Waals surface area contributed by atoms with Gasteiger partial charge in [0.1, 0.15) is 23.0 Å². The highest BCUT2D eigenvalue weighted by atomic mass is 16.7. The molecule has 43 heavy (non-hydrogen) atoms. The van der Waals surface area contributed by atoms with Crippen molar-refractivity contribution in [1.29, 1.82) is 0 Å². The van der Waals surface area contributed by atoms with Crippen molar-refractivity contribution in [3.05, 3.63) is 81.4 Å². The fourth-order valence-corrected chi connectivity index (χ4v) is 5.23. The number of carbonyl (C=O) groups is 5. The third-order valence-corrected chi connectivity index (χ3v) is 7.11. The van der Waals surface area contributed by atoms with Gasteiger partial charge in [-0.1, -0.05) is 6.07 Å². The summed E-state index contributed by atoms with van der Waals surface area (Å²) >= 11 is 0. The topological polar surface area (TPSA) is 203 Å². The van der Waals surface area contributed by atoms with Gasteiger partial charge in [0, 0.05) is 48.6 Å². The van der Waals surface area contributed by atoms with Crippen LogP contribution in [0.2, 0.25) is 0 Å². The number of carbonyl (C=O) groups excluding carboxylic acids is 3. The lowest BCUT2D eigenvalue weighted by molar-refractivity contribution is -0.149. The van der Waals surface area contributed by atoms with Crippen LogP contribution in [0.4, 0.5) is 0 Å². The molecular weight excluding hydrogens is 568 g/mol. The molecule has 0 unspecified atom stereocenters. The molecule has 2 heterocycles. The summed E-state index contributed by atoms with van der Waals surface area (Å²) in [5.74, 6) is -5.42. The molecule has 0 amide bonds. The predicted molar refractivity (Wildman–Crippen MR) is 142 cm³/mol. The molecule has 13 heteroatoms. The zero-order chi connectivity index (χ0) is 31.1. The first-order valence-corrected chi connectivity index (χ1v) is 12.9. The Hall–Kier alpha value is -5.59. The molecule has 0 fully saturated rings. The Bertz CT molecular complexity index is 1630. The molecule has 1 spiro atoms. The number of rotatable bonds is 9. The Balaban J connectivity index is 1.78. The number of ether oxygens (including phenoxy) is 4.